The van der Waals surface area contributed by atoms with Gasteiger partial charge in [-0.25, -0.2) is 5.43 Å². The quantitative estimate of drug-likeness (QED) is 0.129. The Labute approximate surface area is 395 Å². The summed E-state index contributed by atoms with van der Waals surface area (Å²) in [7, 11) is 2.79. The Balaban J connectivity index is 1.31. The van der Waals surface area contributed by atoms with E-state index in [9.17, 15) is 37.1 Å². The van der Waals surface area contributed by atoms with Crippen LogP contribution < -0.4 is 10.7 Å². The monoisotopic (exact) mass is 941 g/mol. The van der Waals surface area contributed by atoms with Gasteiger partial charge in [-0.3, -0.25) is 34.0 Å². The van der Waals surface area contributed by atoms with E-state index >= 15 is 0 Å². The van der Waals surface area contributed by atoms with E-state index in [1.165, 1.54) is 9.91 Å². The molecule has 2 aromatic heterocycles. The molecule has 5 heterocycles. The molecule has 0 radical (unpaired) electrons. The number of cyclic esters (lactones) is 1. The number of likely N-dealkylation sites (N-methyl/N-ethyl adjacent to an activating group) is 1. The molecule has 0 aliphatic carbocycles. The van der Waals surface area contributed by atoms with Gasteiger partial charge in [0.25, 0.3) is 5.91 Å². The largest absolute Gasteiger partial charge is 0.464 e. The number of hydrazine groups is 1. The van der Waals surface area contributed by atoms with Crippen molar-refractivity contribution in [2.75, 3.05) is 40.4 Å². The first-order valence-electron chi connectivity index (χ1n) is 23.3. The number of likely N-dealkylation sites (tertiary alicyclic amines) is 1. The second-order valence-corrected chi connectivity index (χ2v) is 19.0. The number of rotatable bonds is 10. The number of aryl methyl sites for hydroxylation is 1. The molecule has 0 spiro atoms. The summed E-state index contributed by atoms with van der Waals surface area (Å²) < 4.78 is 58.0. The molecule has 364 valence electrons. The molecule has 68 heavy (non-hydrogen) atoms. The van der Waals surface area contributed by atoms with Gasteiger partial charge in [-0.05, 0) is 92.1 Å². The minimum absolute atomic E-state index is 0.0408. The highest BCUT2D eigenvalue weighted by molar-refractivity contribution is 5.96. The molecule has 2 saturated heterocycles. The Kier molecular flexibility index (Phi) is 14.8. The molecule has 2 aromatic carbocycles. The Hall–Kier alpha value is -6.07. The van der Waals surface area contributed by atoms with Gasteiger partial charge in [-0.15, -0.1) is 0 Å². The van der Waals surface area contributed by atoms with Crippen LogP contribution in [0.15, 0.2) is 73.4 Å². The van der Waals surface area contributed by atoms with Gasteiger partial charge in [0.05, 0.1) is 35.9 Å². The number of pyridine rings is 1. The fraction of sp³-hybridized carbons (Fsp3) is 0.490. The third kappa shape index (κ3) is 10.3. The molecular weight excluding hydrogens is 880 g/mol. The van der Waals surface area contributed by atoms with Crippen LogP contribution in [0.25, 0.3) is 33.3 Å². The lowest BCUT2D eigenvalue weighted by Crippen LogP contribution is -2.63. The molecule has 3 aliphatic rings. The van der Waals surface area contributed by atoms with Crippen molar-refractivity contribution < 1.29 is 46.6 Å². The number of amides is 4. The molecular formula is C51H62F3N7O7. The van der Waals surface area contributed by atoms with Crippen LogP contribution in [-0.4, -0.2) is 119 Å². The number of fused-ring (bicyclic) bond motifs is 6. The number of hydrogen-bond acceptors (Lipinski definition) is 9. The van der Waals surface area contributed by atoms with E-state index in [1.807, 2.05) is 57.2 Å². The molecule has 6 bridgehead atoms. The lowest BCUT2D eigenvalue weighted by molar-refractivity contribution is -0.190. The summed E-state index contributed by atoms with van der Waals surface area (Å²) in [6.07, 6.45) is -1.06. The summed E-state index contributed by atoms with van der Waals surface area (Å²) in [6, 6.07) is 13.2. The molecule has 4 aromatic rings. The number of alkyl halides is 3. The van der Waals surface area contributed by atoms with E-state index in [2.05, 4.69) is 40.9 Å². The molecule has 17 heteroatoms. The van der Waals surface area contributed by atoms with Gasteiger partial charge >= 0.3 is 12.1 Å². The third-order valence-corrected chi connectivity index (χ3v) is 13.7. The van der Waals surface area contributed by atoms with Crippen LogP contribution in [0.4, 0.5) is 13.2 Å². The number of halogens is 3. The number of carbonyl (C=O) groups excluding carboxylic acids is 5. The van der Waals surface area contributed by atoms with Crippen molar-refractivity contribution in [1.82, 2.24) is 35.1 Å². The Bertz CT molecular complexity index is 2580. The number of benzene rings is 2. The van der Waals surface area contributed by atoms with E-state index in [1.54, 1.807) is 19.4 Å². The molecule has 4 amide bonds. The third-order valence-electron chi connectivity index (χ3n) is 13.7. The molecule has 3 aliphatic heterocycles. The number of hydrogen-bond donors (Lipinski definition) is 2. The summed E-state index contributed by atoms with van der Waals surface area (Å²) in [5, 5.41) is 4.84. The molecule has 2 N–H and O–H groups in total. The standard InChI is InChI=1S/C51H62F3N7O7/c1-9-42(62)59-23-20-35(28-59)47(64)58(7)44(30(3)51(52,53)54)46(63)56-40-25-32-14-11-15-33(24-32)34-18-19-41-37(26-34)38(45(60(41)10-2)36-16-12-21-55-43(36)31(4)67-8)27-50(5,6)29-68-49(66)39-17-13-22-61(57-39)48(40)65/h9,11-12,14-16,18-19,21,24,26,30-31,35,39-40,44,57H,1,10,13,17,20,22-23,25,27-29H2,2-8H3,(H,56,63)/t30-,31-,35-,39-,40-,44-/m0/s1. The lowest BCUT2D eigenvalue weighted by Gasteiger charge is -2.37. The smallest absolute Gasteiger partial charge is 0.394 e. The maximum Gasteiger partial charge on any atom is 0.394 e. The fourth-order valence-corrected chi connectivity index (χ4v) is 9.88. The normalized spacial score (nSPS) is 21.4. The fourth-order valence-electron chi connectivity index (χ4n) is 9.88. The Morgan fingerprint density at radius 2 is 1.82 bits per heavy atom. The van der Waals surface area contributed by atoms with Crippen LogP contribution in [0.5, 0.6) is 0 Å². The van der Waals surface area contributed by atoms with Crippen molar-refractivity contribution in [2.24, 2.45) is 17.3 Å². The maximum atomic E-state index is 14.7. The van der Waals surface area contributed by atoms with Crippen molar-refractivity contribution in [3.05, 3.63) is 90.3 Å². The molecule has 0 unspecified atom stereocenters. The van der Waals surface area contributed by atoms with Gasteiger partial charge in [0, 0.05) is 74.8 Å². The van der Waals surface area contributed by atoms with Crippen LogP contribution in [0.3, 0.4) is 0 Å². The second-order valence-electron chi connectivity index (χ2n) is 19.0. The summed E-state index contributed by atoms with van der Waals surface area (Å²) in [5.41, 5.74) is 9.37. The van der Waals surface area contributed by atoms with Crippen LogP contribution in [-0.2, 0) is 52.8 Å². The van der Waals surface area contributed by atoms with Crippen LogP contribution >= 0.6 is 0 Å². The van der Waals surface area contributed by atoms with E-state index in [4.69, 9.17) is 14.5 Å². The summed E-state index contributed by atoms with van der Waals surface area (Å²) in [5.74, 6) is -6.78. The van der Waals surface area contributed by atoms with Crippen molar-refractivity contribution in [1.29, 1.82) is 0 Å². The van der Waals surface area contributed by atoms with Gasteiger partial charge in [0.2, 0.25) is 17.7 Å². The number of ether oxygens (including phenoxy) is 2. The van der Waals surface area contributed by atoms with Gasteiger partial charge in [-0.1, -0.05) is 57.7 Å². The van der Waals surface area contributed by atoms with Crippen molar-refractivity contribution in [2.45, 2.75) is 104 Å². The first-order chi connectivity index (χ1) is 32.3. The SMILES string of the molecule is C=CC(=O)N1CC[C@H](C(=O)N(C)[C@H](C(=O)N[C@H]2Cc3cccc(c3)-c3ccc4c(c3)c(c(-c3cccnc3[C@H](C)OC)n4CC)CC(C)(C)COC(=O)[C@@H]3CCCN(N3)C2=O)[C@H](C)C(F)(F)F)C1. The highest BCUT2D eigenvalue weighted by atomic mass is 19.4. The number of esters is 1. The average Bonchev–Trinajstić information content (AvgIpc) is 3.94. The highest BCUT2D eigenvalue weighted by Crippen LogP contribution is 2.42. The topological polar surface area (TPSA) is 155 Å². The van der Waals surface area contributed by atoms with Crippen molar-refractivity contribution in [3.63, 3.8) is 0 Å². The summed E-state index contributed by atoms with van der Waals surface area (Å²) in [4.78, 5) is 76.1. The van der Waals surface area contributed by atoms with Gasteiger partial charge in [-0.2, -0.15) is 13.2 Å². The Morgan fingerprint density at radius 3 is 2.53 bits per heavy atom. The zero-order chi connectivity index (χ0) is 49.2. The lowest BCUT2D eigenvalue weighted by atomic mass is 9.84. The first-order valence-corrected chi connectivity index (χ1v) is 23.3. The number of methoxy groups -OCH3 is 1. The molecule has 0 saturated carbocycles. The van der Waals surface area contributed by atoms with Crippen LogP contribution in [0, 0.1) is 17.3 Å². The minimum atomic E-state index is -4.91. The zero-order valence-corrected chi connectivity index (χ0v) is 39.8. The van der Waals surface area contributed by atoms with Crippen LogP contribution in [0.1, 0.15) is 76.8 Å². The van der Waals surface area contributed by atoms with E-state index in [-0.39, 0.29) is 45.2 Å². The maximum absolute atomic E-state index is 14.7. The predicted octanol–water partition coefficient (Wildman–Crippen LogP) is 6.81. The van der Waals surface area contributed by atoms with Gasteiger partial charge in [0.1, 0.15) is 18.1 Å². The second kappa shape index (κ2) is 20.3. The van der Waals surface area contributed by atoms with Gasteiger partial charge < -0.3 is 29.2 Å². The van der Waals surface area contributed by atoms with Crippen molar-refractivity contribution >= 4 is 40.5 Å². The van der Waals surface area contributed by atoms with Gasteiger partial charge in [0.15, 0.2) is 0 Å². The zero-order valence-electron chi connectivity index (χ0n) is 39.8. The number of nitrogens with zero attached hydrogens (tertiary/aromatic N) is 5. The molecule has 6 atom stereocenters. The van der Waals surface area contributed by atoms with Crippen molar-refractivity contribution in [3.8, 4) is 22.4 Å². The number of aromatic nitrogens is 2. The number of nitrogens with one attached hydrogen (secondary N) is 2. The molecule has 7 rings (SSSR count). The van der Waals surface area contributed by atoms with Crippen LogP contribution in [0.2, 0.25) is 0 Å². The predicted molar refractivity (Wildman–Crippen MR) is 250 cm³/mol. The average molecular weight is 942 g/mol. The summed E-state index contributed by atoms with van der Waals surface area (Å²) in [6.45, 7) is 13.4. The summed E-state index contributed by atoms with van der Waals surface area (Å²) >= 11 is 0. The minimum Gasteiger partial charge on any atom is -0.464 e. The molecule has 14 nitrogen and oxygen atoms in total. The van der Waals surface area contributed by atoms with E-state index in [0.29, 0.717) is 31.4 Å². The molecule has 2 fully saturated rings. The van der Waals surface area contributed by atoms with E-state index in [0.717, 1.165) is 69.5 Å². The highest BCUT2D eigenvalue weighted by Gasteiger charge is 2.49. The Morgan fingerprint density at radius 1 is 1.07 bits per heavy atom. The van der Waals surface area contributed by atoms with E-state index < -0.39 is 71.2 Å². The first kappa shape index (κ1) is 49.8. The number of carbonyl (C=O) groups is 5.